The highest BCUT2D eigenvalue weighted by Crippen LogP contribution is 2.14. The molecule has 0 rings (SSSR count). The molecular formula is C47H80O5. The van der Waals surface area contributed by atoms with Gasteiger partial charge in [-0.2, -0.15) is 0 Å². The molecule has 1 atom stereocenters. The Labute approximate surface area is 321 Å². The lowest BCUT2D eigenvalue weighted by Gasteiger charge is -2.15. The van der Waals surface area contributed by atoms with E-state index in [0.29, 0.717) is 12.8 Å². The fourth-order valence-corrected chi connectivity index (χ4v) is 5.79. The van der Waals surface area contributed by atoms with Crippen molar-refractivity contribution in [2.75, 3.05) is 13.2 Å². The third-order valence-corrected chi connectivity index (χ3v) is 9.01. The van der Waals surface area contributed by atoms with Crippen molar-refractivity contribution < 1.29 is 24.2 Å². The van der Waals surface area contributed by atoms with E-state index < -0.39 is 6.10 Å². The molecule has 0 fully saturated rings. The third kappa shape index (κ3) is 40.1. The van der Waals surface area contributed by atoms with Gasteiger partial charge in [0, 0.05) is 12.8 Å². The largest absolute Gasteiger partial charge is 0.462 e. The Balaban J connectivity index is 3.58. The SMILES string of the molecule is CC/C=C\C/C=C\C/C=C\C/C=C\C/C=C\C/C=C\CCCCCCCCCCC(=O)OC(CO)COC(=O)CCCCCCCCCCCCC. The van der Waals surface area contributed by atoms with Crippen molar-refractivity contribution in [3.05, 3.63) is 72.9 Å². The number of aliphatic hydroxyl groups excluding tert-OH is 1. The van der Waals surface area contributed by atoms with Gasteiger partial charge in [0.25, 0.3) is 0 Å². The van der Waals surface area contributed by atoms with E-state index >= 15 is 0 Å². The highest BCUT2D eigenvalue weighted by Gasteiger charge is 2.16. The Morgan fingerprint density at radius 1 is 0.462 bits per heavy atom. The third-order valence-electron chi connectivity index (χ3n) is 9.01. The zero-order chi connectivity index (χ0) is 37.8. The van der Waals surface area contributed by atoms with Crippen LogP contribution in [0.5, 0.6) is 0 Å². The molecule has 5 nitrogen and oxygen atoms in total. The van der Waals surface area contributed by atoms with E-state index in [0.717, 1.165) is 83.5 Å². The van der Waals surface area contributed by atoms with E-state index in [1.54, 1.807) is 0 Å². The lowest BCUT2D eigenvalue weighted by molar-refractivity contribution is -0.161. The molecule has 0 aromatic carbocycles. The number of aliphatic hydroxyl groups is 1. The number of hydrogen-bond acceptors (Lipinski definition) is 5. The molecule has 5 heteroatoms. The first kappa shape index (κ1) is 49.3. The summed E-state index contributed by atoms with van der Waals surface area (Å²) >= 11 is 0. The number of esters is 2. The molecule has 0 heterocycles. The quantitative estimate of drug-likeness (QED) is 0.0390. The van der Waals surface area contributed by atoms with Crippen LogP contribution in [-0.2, 0) is 19.1 Å². The summed E-state index contributed by atoms with van der Waals surface area (Å²) in [4.78, 5) is 24.3. The van der Waals surface area contributed by atoms with Crippen LogP contribution in [-0.4, -0.2) is 36.4 Å². The second kappa shape index (κ2) is 42.8. The first-order valence-electron chi connectivity index (χ1n) is 21.5. The van der Waals surface area contributed by atoms with Crippen molar-refractivity contribution in [1.82, 2.24) is 0 Å². The van der Waals surface area contributed by atoms with Crippen molar-refractivity contribution >= 4 is 11.9 Å². The van der Waals surface area contributed by atoms with Crippen LogP contribution in [0.4, 0.5) is 0 Å². The van der Waals surface area contributed by atoms with Gasteiger partial charge in [-0.05, 0) is 64.2 Å². The molecule has 0 saturated carbocycles. The molecule has 298 valence electrons. The second-order valence-electron chi connectivity index (χ2n) is 14.0. The monoisotopic (exact) mass is 725 g/mol. The van der Waals surface area contributed by atoms with E-state index in [-0.39, 0.29) is 25.2 Å². The van der Waals surface area contributed by atoms with E-state index in [2.05, 4.69) is 86.8 Å². The summed E-state index contributed by atoms with van der Waals surface area (Å²) in [5, 5.41) is 9.56. The molecular weight excluding hydrogens is 645 g/mol. The summed E-state index contributed by atoms with van der Waals surface area (Å²) < 4.78 is 10.6. The molecule has 0 aliphatic heterocycles. The molecule has 0 aromatic heterocycles. The molecule has 0 aliphatic rings. The Hall–Kier alpha value is -2.66. The average molecular weight is 725 g/mol. The smallest absolute Gasteiger partial charge is 0.306 e. The van der Waals surface area contributed by atoms with E-state index in [4.69, 9.17) is 9.47 Å². The van der Waals surface area contributed by atoms with Gasteiger partial charge in [0.2, 0.25) is 0 Å². The molecule has 0 aliphatic carbocycles. The van der Waals surface area contributed by atoms with Gasteiger partial charge in [-0.1, -0.05) is 189 Å². The van der Waals surface area contributed by atoms with Gasteiger partial charge in [-0.25, -0.2) is 0 Å². The molecule has 0 aromatic rings. The van der Waals surface area contributed by atoms with Crippen molar-refractivity contribution in [3.8, 4) is 0 Å². The van der Waals surface area contributed by atoms with Crippen LogP contribution >= 0.6 is 0 Å². The average Bonchev–Trinajstić information content (AvgIpc) is 3.15. The maximum absolute atomic E-state index is 12.2. The van der Waals surface area contributed by atoms with Gasteiger partial charge in [-0.15, -0.1) is 0 Å². The van der Waals surface area contributed by atoms with Crippen LogP contribution in [0.3, 0.4) is 0 Å². The Morgan fingerprint density at radius 2 is 0.827 bits per heavy atom. The second-order valence-corrected chi connectivity index (χ2v) is 14.0. The fraction of sp³-hybridized carbons (Fsp3) is 0.702. The van der Waals surface area contributed by atoms with Gasteiger partial charge in [-0.3, -0.25) is 9.59 Å². The van der Waals surface area contributed by atoms with Gasteiger partial charge in [0.05, 0.1) is 6.61 Å². The predicted octanol–water partition coefficient (Wildman–Crippen LogP) is 13.7. The number of unbranched alkanes of at least 4 members (excludes halogenated alkanes) is 18. The van der Waals surface area contributed by atoms with Gasteiger partial charge in [0.1, 0.15) is 6.61 Å². The number of rotatable bonds is 38. The maximum Gasteiger partial charge on any atom is 0.306 e. The summed E-state index contributed by atoms with van der Waals surface area (Å²) in [6, 6.07) is 0. The van der Waals surface area contributed by atoms with Crippen LogP contribution < -0.4 is 0 Å². The van der Waals surface area contributed by atoms with Crippen molar-refractivity contribution in [3.63, 3.8) is 0 Å². The zero-order valence-electron chi connectivity index (χ0n) is 33.8. The number of hydrogen-bond donors (Lipinski definition) is 1. The molecule has 0 spiro atoms. The summed E-state index contributed by atoms with van der Waals surface area (Å²) in [5.74, 6) is -0.603. The maximum atomic E-state index is 12.2. The molecule has 1 N–H and O–H groups in total. The summed E-state index contributed by atoms with van der Waals surface area (Å²) in [6.07, 6.45) is 56.9. The minimum Gasteiger partial charge on any atom is -0.462 e. The standard InChI is InChI=1S/C47H80O5/c1-3-5-7-9-11-13-15-16-17-18-19-20-21-22-23-24-25-26-27-28-29-30-32-34-36-38-40-42-47(50)52-45(43-48)44-51-46(49)41-39-37-35-33-31-14-12-10-8-6-4-2/h5,7,11,13,16-17,19-20,22-23,25-26,45,48H,3-4,6,8-10,12,14-15,18,21,24,27-44H2,1-2H3/b7-5-,13-11-,17-16-,20-19-,23-22-,26-25-. The number of carbonyl (C=O) groups excluding carboxylic acids is 2. The highest BCUT2D eigenvalue weighted by atomic mass is 16.6. The van der Waals surface area contributed by atoms with E-state index in [1.165, 1.54) is 83.5 Å². The molecule has 0 amide bonds. The topological polar surface area (TPSA) is 72.8 Å². The number of carbonyl (C=O) groups is 2. The summed E-state index contributed by atoms with van der Waals surface area (Å²) in [5.41, 5.74) is 0. The number of ether oxygens (including phenoxy) is 2. The lowest BCUT2D eigenvalue weighted by Crippen LogP contribution is -2.28. The fourth-order valence-electron chi connectivity index (χ4n) is 5.79. The van der Waals surface area contributed by atoms with Crippen molar-refractivity contribution in [2.45, 2.75) is 200 Å². The van der Waals surface area contributed by atoms with Gasteiger partial charge in [0.15, 0.2) is 6.10 Å². The van der Waals surface area contributed by atoms with E-state index in [9.17, 15) is 14.7 Å². The first-order chi connectivity index (χ1) is 25.6. The van der Waals surface area contributed by atoms with Crippen LogP contribution in [0.1, 0.15) is 194 Å². The molecule has 0 radical (unpaired) electrons. The normalized spacial score (nSPS) is 12.9. The Bertz CT molecular complexity index is 957. The molecule has 0 bridgehead atoms. The molecule has 52 heavy (non-hydrogen) atoms. The van der Waals surface area contributed by atoms with E-state index in [1.807, 2.05) is 0 Å². The molecule has 0 saturated heterocycles. The number of allylic oxidation sites excluding steroid dienone is 12. The van der Waals surface area contributed by atoms with Crippen LogP contribution in [0.15, 0.2) is 72.9 Å². The Morgan fingerprint density at radius 3 is 1.25 bits per heavy atom. The van der Waals surface area contributed by atoms with Crippen LogP contribution in [0, 0.1) is 0 Å². The summed E-state index contributed by atoms with van der Waals surface area (Å²) in [6.45, 7) is 4.00. The van der Waals surface area contributed by atoms with Crippen molar-refractivity contribution in [2.24, 2.45) is 0 Å². The van der Waals surface area contributed by atoms with Crippen LogP contribution in [0.25, 0.3) is 0 Å². The predicted molar refractivity (Wildman–Crippen MR) is 223 cm³/mol. The van der Waals surface area contributed by atoms with Gasteiger partial charge >= 0.3 is 11.9 Å². The lowest BCUT2D eigenvalue weighted by atomic mass is 10.1. The molecule has 1 unspecified atom stereocenters. The Kier molecular flexibility index (Phi) is 40.6. The summed E-state index contributed by atoms with van der Waals surface area (Å²) in [7, 11) is 0. The van der Waals surface area contributed by atoms with Crippen molar-refractivity contribution in [1.29, 1.82) is 0 Å². The minimum absolute atomic E-state index is 0.0702. The van der Waals surface area contributed by atoms with Crippen LogP contribution in [0.2, 0.25) is 0 Å². The zero-order valence-corrected chi connectivity index (χ0v) is 33.8. The van der Waals surface area contributed by atoms with Gasteiger partial charge < -0.3 is 14.6 Å². The first-order valence-corrected chi connectivity index (χ1v) is 21.5. The highest BCUT2D eigenvalue weighted by molar-refractivity contribution is 5.70. The minimum atomic E-state index is -0.776.